The fourth-order valence-corrected chi connectivity index (χ4v) is 2.58. The third-order valence-corrected chi connectivity index (χ3v) is 3.39. The minimum atomic E-state index is 0.427. The lowest BCUT2D eigenvalue weighted by atomic mass is 10.0. The van der Waals surface area contributed by atoms with Gasteiger partial charge in [-0.15, -0.1) is 0 Å². The Hall–Kier alpha value is -0.240. The highest BCUT2D eigenvalue weighted by Crippen LogP contribution is 2.42. The fraction of sp³-hybridized carbons (Fsp3) is 0.538. The molecule has 1 aromatic carbocycles. The van der Waals surface area contributed by atoms with Gasteiger partial charge in [0, 0.05) is 16.1 Å². The van der Waals surface area contributed by atoms with Gasteiger partial charge in [-0.1, -0.05) is 30.1 Å². The highest BCUT2D eigenvalue weighted by molar-refractivity contribution is 6.34. The SMILES string of the molecule is CCCNC(c1cc(Cl)cc(Cl)c1)C1CC1. The monoisotopic (exact) mass is 257 g/mol. The molecule has 0 heterocycles. The number of halogens is 2. The average molecular weight is 258 g/mol. The van der Waals surface area contributed by atoms with E-state index in [1.807, 2.05) is 12.1 Å². The number of benzene rings is 1. The first kappa shape index (κ1) is 12.2. The van der Waals surface area contributed by atoms with Crippen LogP contribution < -0.4 is 5.32 Å². The van der Waals surface area contributed by atoms with Crippen molar-refractivity contribution >= 4 is 23.2 Å². The molecule has 1 fully saturated rings. The van der Waals surface area contributed by atoms with Crippen molar-refractivity contribution in [1.29, 1.82) is 0 Å². The van der Waals surface area contributed by atoms with Gasteiger partial charge in [0.05, 0.1) is 0 Å². The van der Waals surface area contributed by atoms with Gasteiger partial charge in [0.25, 0.3) is 0 Å². The standard InChI is InChI=1S/C13H17Cl2N/c1-2-5-16-13(9-3-4-9)10-6-11(14)8-12(15)7-10/h6-9,13,16H,2-5H2,1H3. The van der Waals surface area contributed by atoms with Crippen molar-refractivity contribution in [1.82, 2.24) is 5.32 Å². The van der Waals surface area contributed by atoms with Gasteiger partial charge < -0.3 is 5.32 Å². The zero-order valence-electron chi connectivity index (χ0n) is 9.47. The van der Waals surface area contributed by atoms with Crippen molar-refractivity contribution in [2.75, 3.05) is 6.54 Å². The van der Waals surface area contributed by atoms with E-state index < -0.39 is 0 Å². The average Bonchev–Trinajstić information content (AvgIpc) is 3.01. The van der Waals surface area contributed by atoms with Crippen molar-refractivity contribution in [3.63, 3.8) is 0 Å². The number of hydrogen-bond donors (Lipinski definition) is 1. The maximum atomic E-state index is 6.04. The van der Waals surface area contributed by atoms with E-state index in [2.05, 4.69) is 12.2 Å². The second-order valence-corrected chi connectivity index (χ2v) is 5.34. The lowest BCUT2D eigenvalue weighted by Crippen LogP contribution is -2.23. The first-order valence-corrected chi connectivity index (χ1v) is 6.65. The second-order valence-electron chi connectivity index (χ2n) is 4.47. The molecule has 0 aromatic heterocycles. The van der Waals surface area contributed by atoms with Crippen molar-refractivity contribution in [3.05, 3.63) is 33.8 Å². The predicted molar refractivity (Wildman–Crippen MR) is 70.2 cm³/mol. The maximum Gasteiger partial charge on any atom is 0.0424 e. The van der Waals surface area contributed by atoms with E-state index in [-0.39, 0.29) is 0 Å². The molecule has 1 aliphatic carbocycles. The Morgan fingerprint density at radius 2 is 1.88 bits per heavy atom. The van der Waals surface area contributed by atoms with E-state index in [1.165, 1.54) is 18.4 Å². The Labute approximate surface area is 107 Å². The number of hydrogen-bond acceptors (Lipinski definition) is 1. The molecule has 0 spiro atoms. The summed E-state index contributed by atoms with van der Waals surface area (Å²) in [6.07, 6.45) is 3.77. The van der Waals surface area contributed by atoms with Crippen LogP contribution in [0.5, 0.6) is 0 Å². The second kappa shape index (κ2) is 5.39. The summed E-state index contributed by atoms with van der Waals surface area (Å²) in [5, 5.41) is 5.04. The first-order valence-electron chi connectivity index (χ1n) is 5.90. The molecule has 1 N–H and O–H groups in total. The van der Waals surface area contributed by atoms with Crippen LogP contribution >= 0.6 is 23.2 Å². The molecule has 88 valence electrons. The molecule has 1 nitrogen and oxygen atoms in total. The van der Waals surface area contributed by atoms with Crippen LogP contribution in [0.25, 0.3) is 0 Å². The Balaban J connectivity index is 2.16. The molecule has 16 heavy (non-hydrogen) atoms. The number of nitrogens with one attached hydrogen (secondary N) is 1. The van der Waals surface area contributed by atoms with Crippen molar-refractivity contribution in [3.8, 4) is 0 Å². The number of rotatable bonds is 5. The Morgan fingerprint density at radius 3 is 2.38 bits per heavy atom. The summed E-state index contributed by atoms with van der Waals surface area (Å²) in [4.78, 5) is 0. The first-order chi connectivity index (χ1) is 7.70. The van der Waals surface area contributed by atoms with E-state index >= 15 is 0 Å². The third-order valence-electron chi connectivity index (χ3n) is 2.95. The molecular formula is C13H17Cl2N. The molecule has 0 bridgehead atoms. The van der Waals surface area contributed by atoms with E-state index in [9.17, 15) is 0 Å². The van der Waals surface area contributed by atoms with Crippen molar-refractivity contribution < 1.29 is 0 Å². The molecule has 0 aliphatic heterocycles. The molecule has 0 amide bonds. The highest BCUT2D eigenvalue weighted by atomic mass is 35.5. The summed E-state index contributed by atoms with van der Waals surface area (Å²) in [5.74, 6) is 0.765. The van der Waals surface area contributed by atoms with Crippen LogP contribution in [0, 0.1) is 5.92 Å². The summed E-state index contributed by atoms with van der Waals surface area (Å²) >= 11 is 12.1. The molecule has 1 aliphatic rings. The van der Waals surface area contributed by atoms with E-state index in [0.717, 1.165) is 28.9 Å². The largest absolute Gasteiger partial charge is 0.310 e. The molecule has 1 unspecified atom stereocenters. The van der Waals surface area contributed by atoms with Gasteiger partial charge in [-0.05, 0) is 55.5 Å². The van der Waals surface area contributed by atoms with Gasteiger partial charge in [0.2, 0.25) is 0 Å². The topological polar surface area (TPSA) is 12.0 Å². The third kappa shape index (κ3) is 3.13. The van der Waals surface area contributed by atoms with Gasteiger partial charge in [-0.2, -0.15) is 0 Å². The maximum absolute atomic E-state index is 6.04. The van der Waals surface area contributed by atoms with Gasteiger partial charge in [0.1, 0.15) is 0 Å². The summed E-state index contributed by atoms with van der Waals surface area (Å²) < 4.78 is 0. The van der Waals surface area contributed by atoms with Crippen LogP contribution in [0.2, 0.25) is 10.0 Å². The Kier molecular flexibility index (Phi) is 4.12. The molecule has 1 atom stereocenters. The summed E-state index contributed by atoms with van der Waals surface area (Å²) in [7, 11) is 0. The van der Waals surface area contributed by atoms with Crippen LogP contribution in [0.3, 0.4) is 0 Å². The van der Waals surface area contributed by atoms with Gasteiger partial charge in [-0.3, -0.25) is 0 Å². The van der Waals surface area contributed by atoms with Crippen molar-refractivity contribution in [2.24, 2.45) is 5.92 Å². The minimum Gasteiger partial charge on any atom is -0.310 e. The van der Waals surface area contributed by atoms with E-state index in [0.29, 0.717) is 6.04 Å². The van der Waals surface area contributed by atoms with E-state index in [1.54, 1.807) is 6.07 Å². The van der Waals surface area contributed by atoms with Gasteiger partial charge >= 0.3 is 0 Å². The molecular weight excluding hydrogens is 241 g/mol. The summed E-state index contributed by atoms with van der Waals surface area (Å²) in [6.45, 7) is 3.23. The van der Waals surface area contributed by atoms with Gasteiger partial charge in [0.15, 0.2) is 0 Å². The van der Waals surface area contributed by atoms with Crippen LogP contribution in [-0.2, 0) is 0 Å². The molecule has 2 rings (SSSR count). The smallest absolute Gasteiger partial charge is 0.0424 e. The van der Waals surface area contributed by atoms with Crippen LogP contribution in [-0.4, -0.2) is 6.54 Å². The predicted octanol–water partition coefficient (Wildman–Crippen LogP) is 4.44. The van der Waals surface area contributed by atoms with Crippen LogP contribution in [0.4, 0.5) is 0 Å². The lowest BCUT2D eigenvalue weighted by molar-refractivity contribution is 0.481. The molecule has 0 saturated heterocycles. The Bertz CT molecular complexity index is 341. The molecule has 1 saturated carbocycles. The zero-order chi connectivity index (χ0) is 11.5. The summed E-state index contributed by atoms with van der Waals surface area (Å²) in [6, 6.07) is 6.27. The normalized spacial score (nSPS) is 17.4. The fourth-order valence-electron chi connectivity index (χ4n) is 2.04. The summed E-state index contributed by atoms with van der Waals surface area (Å²) in [5.41, 5.74) is 1.23. The zero-order valence-corrected chi connectivity index (χ0v) is 11.0. The minimum absolute atomic E-state index is 0.427. The van der Waals surface area contributed by atoms with Crippen molar-refractivity contribution in [2.45, 2.75) is 32.2 Å². The Morgan fingerprint density at radius 1 is 1.25 bits per heavy atom. The quantitative estimate of drug-likeness (QED) is 0.823. The molecule has 1 aromatic rings. The van der Waals surface area contributed by atoms with Gasteiger partial charge in [-0.25, -0.2) is 0 Å². The highest BCUT2D eigenvalue weighted by Gasteiger charge is 2.31. The van der Waals surface area contributed by atoms with Crippen LogP contribution in [0.15, 0.2) is 18.2 Å². The van der Waals surface area contributed by atoms with E-state index in [4.69, 9.17) is 23.2 Å². The molecule has 0 radical (unpaired) electrons. The lowest BCUT2D eigenvalue weighted by Gasteiger charge is -2.19. The van der Waals surface area contributed by atoms with Crippen LogP contribution in [0.1, 0.15) is 37.8 Å². The molecule has 3 heteroatoms.